The topological polar surface area (TPSA) is 34.4 Å². The second kappa shape index (κ2) is 3.02. The van der Waals surface area contributed by atoms with Gasteiger partial charge in [0, 0.05) is 23.8 Å². The summed E-state index contributed by atoms with van der Waals surface area (Å²) in [5, 5.41) is 1.84. The van der Waals surface area contributed by atoms with Crippen molar-refractivity contribution in [3.05, 3.63) is 34.2 Å². The number of hydrogen-bond donors (Lipinski definition) is 0. The standard InChI is InChI=1S/C6H4N2OS.ClH/c9-5-1-2-7-6-8(5)3-4-10-6;/h1-4H;1H. The van der Waals surface area contributed by atoms with E-state index in [2.05, 4.69) is 4.98 Å². The number of fused-ring (bicyclic) bond motifs is 1. The summed E-state index contributed by atoms with van der Waals surface area (Å²) in [7, 11) is 0. The Labute approximate surface area is 72.7 Å². The molecule has 2 aromatic rings. The highest BCUT2D eigenvalue weighted by molar-refractivity contribution is 7.15. The van der Waals surface area contributed by atoms with E-state index in [9.17, 15) is 4.79 Å². The molecule has 0 aliphatic rings. The molecule has 3 nitrogen and oxygen atoms in total. The Hall–Kier alpha value is -0.870. The van der Waals surface area contributed by atoms with Gasteiger partial charge in [-0.1, -0.05) is 0 Å². The van der Waals surface area contributed by atoms with Crippen LogP contribution in [0, 0.1) is 0 Å². The zero-order chi connectivity index (χ0) is 6.97. The fourth-order valence-corrected chi connectivity index (χ4v) is 1.47. The molecule has 5 heteroatoms. The van der Waals surface area contributed by atoms with E-state index in [4.69, 9.17) is 0 Å². The average Bonchev–Trinajstić information content (AvgIpc) is 2.36. The van der Waals surface area contributed by atoms with Crippen LogP contribution in [0.15, 0.2) is 28.6 Å². The first kappa shape index (κ1) is 8.23. The maximum absolute atomic E-state index is 11.0. The zero-order valence-corrected chi connectivity index (χ0v) is 7.06. The van der Waals surface area contributed by atoms with Gasteiger partial charge in [-0.2, -0.15) is 0 Å². The minimum absolute atomic E-state index is 0. The summed E-state index contributed by atoms with van der Waals surface area (Å²) in [5.74, 6) is 0. The third-order valence-corrected chi connectivity index (χ3v) is 2.00. The zero-order valence-electron chi connectivity index (χ0n) is 5.43. The van der Waals surface area contributed by atoms with E-state index >= 15 is 0 Å². The third-order valence-electron chi connectivity index (χ3n) is 1.23. The van der Waals surface area contributed by atoms with Gasteiger partial charge >= 0.3 is 0 Å². The average molecular weight is 189 g/mol. The van der Waals surface area contributed by atoms with Crippen LogP contribution in [0.25, 0.3) is 4.96 Å². The van der Waals surface area contributed by atoms with E-state index in [1.54, 1.807) is 6.20 Å². The lowest BCUT2D eigenvalue weighted by atomic mass is 10.6. The number of thiazole rings is 1. The lowest BCUT2D eigenvalue weighted by Gasteiger charge is -1.85. The quantitative estimate of drug-likeness (QED) is 0.622. The molecule has 0 radical (unpaired) electrons. The summed E-state index contributed by atoms with van der Waals surface area (Å²) in [4.78, 5) is 15.7. The first-order chi connectivity index (χ1) is 4.88. The SMILES string of the molecule is Cl.O=c1ccnc2sccn12. The maximum Gasteiger partial charge on any atom is 0.258 e. The fraction of sp³-hybridized carbons (Fsp3) is 0. The van der Waals surface area contributed by atoms with Gasteiger partial charge in [0.05, 0.1) is 0 Å². The van der Waals surface area contributed by atoms with E-state index in [0.29, 0.717) is 0 Å². The Balaban J connectivity index is 0.000000605. The molecule has 0 unspecified atom stereocenters. The van der Waals surface area contributed by atoms with Crippen LogP contribution < -0.4 is 5.56 Å². The molecule has 0 fully saturated rings. The number of halogens is 1. The highest BCUT2D eigenvalue weighted by atomic mass is 35.5. The van der Waals surface area contributed by atoms with Gasteiger partial charge in [-0.05, 0) is 0 Å². The lowest BCUT2D eigenvalue weighted by Crippen LogP contribution is -2.09. The smallest absolute Gasteiger partial charge is 0.258 e. The van der Waals surface area contributed by atoms with Gasteiger partial charge in [0.1, 0.15) is 0 Å². The van der Waals surface area contributed by atoms with Crippen LogP contribution in [0.5, 0.6) is 0 Å². The van der Waals surface area contributed by atoms with Crippen molar-refractivity contribution in [2.24, 2.45) is 0 Å². The predicted octanol–water partition coefficient (Wildman–Crippen LogP) is 1.18. The van der Waals surface area contributed by atoms with Crippen LogP contribution in [0.2, 0.25) is 0 Å². The fourth-order valence-electron chi connectivity index (χ4n) is 0.778. The molecule has 2 rings (SSSR count). The van der Waals surface area contributed by atoms with E-state index in [-0.39, 0.29) is 18.0 Å². The lowest BCUT2D eigenvalue weighted by molar-refractivity contribution is 1.08. The summed E-state index contributed by atoms with van der Waals surface area (Å²) in [6.45, 7) is 0. The van der Waals surface area contributed by atoms with Crippen molar-refractivity contribution >= 4 is 28.7 Å². The van der Waals surface area contributed by atoms with Crippen LogP contribution in [-0.4, -0.2) is 9.38 Å². The van der Waals surface area contributed by atoms with Crippen molar-refractivity contribution in [2.75, 3.05) is 0 Å². The highest BCUT2D eigenvalue weighted by Gasteiger charge is 1.93. The molecule has 0 aromatic carbocycles. The van der Waals surface area contributed by atoms with Gasteiger partial charge in [0.25, 0.3) is 5.56 Å². The van der Waals surface area contributed by atoms with Crippen molar-refractivity contribution in [3.63, 3.8) is 0 Å². The van der Waals surface area contributed by atoms with Crippen LogP contribution in [0.1, 0.15) is 0 Å². The van der Waals surface area contributed by atoms with Crippen LogP contribution in [0.3, 0.4) is 0 Å². The molecule has 58 valence electrons. The second-order valence-corrected chi connectivity index (χ2v) is 2.71. The van der Waals surface area contributed by atoms with E-state index < -0.39 is 0 Å². The molecule has 11 heavy (non-hydrogen) atoms. The van der Waals surface area contributed by atoms with Gasteiger partial charge in [-0.15, -0.1) is 23.7 Å². The largest absolute Gasteiger partial charge is 0.269 e. The van der Waals surface area contributed by atoms with Crippen molar-refractivity contribution in [1.29, 1.82) is 0 Å². The third kappa shape index (κ3) is 1.27. The van der Waals surface area contributed by atoms with Gasteiger partial charge < -0.3 is 0 Å². The number of nitrogens with zero attached hydrogens (tertiary/aromatic N) is 2. The summed E-state index contributed by atoms with van der Waals surface area (Å²) in [6.07, 6.45) is 3.24. The summed E-state index contributed by atoms with van der Waals surface area (Å²) < 4.78 is 1.52. The highest BCUT2D eigenvalue weighted by Crippen LogP contribution is 2.02. The molecule has 0 saturated heterocycles. The molecular formula is C6H5ClN2OS. The molecule has 0 atom stereocenters. The number of rotatable bonds is 0. The van der Waals surface area contributed by atoms with Crippen molar-refractivity contribution in [2.45, 2.75) is 0 Å². The predicted molar refractivity (Wildman–Crippen MR) is 46.6 cm³/mol. The molecule has 2 heterocycles. The van der Waals surface area contributed by atoms with E-state index in [1.807, 2.05) is 5.38 Å². The van der Waals surface area contributed by atoms with Gasteiger partial charge in [0.15, 0.2) is 4.96 Å². The number of hydrogen-bond acceptors (Lipinski definition) is 3. The minimum Gasteiger partial charge on any atom is -0.269 e. The van der Waals surface area contributed by atoms with E-state index in [1.165, 1.54) is 28.0 Å². The second-order valence-electron chi connectivity index (χ2n) is 1.84. The van der Waals surface area contributed by atoms with Crippen molar-refractivity contribution in [3.8, 4) is 0 Å². The Morgan fingerprint density at radius 1 is 1.55 bits per heavy atom. The Morgan fingerprint density at radius 2 is 2.36 bits per heavy atom. The van der Waals surface area contributed by atoms with E-state index in [0.717, 1.165) is 4.96 Å². The molecular weight excluding hydrogens is 184 g/mol. The molecule has 0 bridgehead atoms. The van der Waals surface area contributed by atoms with Crippen LogP contribution in [0.4, 0.5) is 0 Å². The van der Waals surface area contributed by atoms with Gasteiger partial charge in [0.2, 0.25) is 0 Å². The molecule has 0 N–H and O–H groups in total. The molecule has 0 amide bonds. The first-order valence-electron chi connectivity index (χ1n) is 2.79. The Bertz CT molecular complexity index is 408. The molecule has 0 spiro atoms. The molecule has 0 saturated carbocycles. The normalized spacial score (nSPS) is 9.45. The molecule has 2 aromatic heterocycles. The van der Waals surface area contributed by atoms with Crippen LogP contribution >= 0.6 is 23.7 Å². The Morgan fingerprint density at radius 3 is 3.09 bits per heavy atom. The van der Waals surface area contributed by atoms with Gasteiger partial charge in [-0.3, -0.25) is 9.20 Å². The maximum atomic E-state index is 11.0. The Kier molecular flexibility index (Phi) is 2.26. The summed E-state index contributed by atoms with van der Waals surface area (Å²) in [5.41, 5.74) is -0.0220. The molecule has 0 aliphatic carbocycles. The first-order valence-corrected chi connectivity index (χ1v) is 3.67. The summed E-state index contributed by atoms with van der Waals surface area (Å²) >= 11 is 1.45. The minimum atomic E-state index is -0.0220. The monoisotopic (exact) mass is 188 g/mol. The summed E-state index contributed by atoms with van der Waals surface area (Å²) in [6, 6.07) is 1.44. The number of aromatic nitrogens is 2. The molecule has 0 aliphatic heterocycles. The van der Waals surface area contributed by atoms with Crippen molar-refractivity contribution < 1.29 is 0 Å². The van der Waals surface area contributed by atoms with Crippen LogP contribution in [-0.2, 0) is 0 Å². The van der Waals surface area contributed by atoms with Crippen molar-refractivity contribution in [1.82, 2.24) is 9.38 Å². The van der Waals surface area contributed by atoms with Gasteiger partial charge in [-0.25, -0.2) is 4.98 Å².